The highest BCUT2D eigenvalue weighted by molar-refractivity contribution is 7.86. The Morgan fingerprint density at radius 1 is 1.16 bits per heavy atom. The SMILES string of the molecule is CCn1cc(NC(=O)C2CCN(S(=O)(=O)N3CCCCC3)CC2)cn1. The molecule has 1 aromatic heterocycles. The van der Waals surface area contributed by atoms with E-state index in [2.05, 4.69) is 10.4 Å². The Balaban J connectivity index is 1.53. The van der Waals surface area contributed by atoms with E-state index < -0.39 is 10.2 Å². The van der Waals surface area contributed by atoms with Crippen LogP contribution in [0.1, 0.15) is 39.0 Å². The van der Waals surface area contributed by atoms with Crippen LogP contribution in [0.3, 0.4) is 0 Å². The number of hydrogen-bond donors (Lipinski definition) is 1. The summed E-state index contributed by atoms with van der Waals surface area (Å²) in [5.41, 5.74) is 0.690. The molecule has 0 aromatic carbocycles. The molecule has 0 unspecified atom stereocenters. The zero-order valence-electron chi connectivity index (χ0n) is 14.7. The molecule has 0 aliphatic carbocycles. The zero-order chi connectivity index (χ0) is 17.9. The maximum atomic E-state index is 12.7. The molecule has 3 rings (SSSR count). The number of amides is 1. The summed E-state index contributed by atoms with van der Waals surface area (Å²) in [5.74, 6) is -0.205. The fourth-order valence-electron chi connectivity index (χ4n) is 3.45. The van der Waals surface area contributed by atoms with Gasteiger partial charge >= 0.3 is 0 Å². The molecule has 9 heteroatoms. The first-order chi connectivity index (χ1) is 12.0. The molecule has 0 atom stereocenters. The van der Waals surface area contributed by atoms with Gasteiger partial charge in [0.2, 0.25) is 5.91 Å². The Hall–Kier alpha value is -1.45. The van der Waals surface area contributed by atoms with Gasteiger partial charge in [-0.25, -0.2) is 0 Å². The van der Waals surface area contributed by atoms with Gasteiger partial charge in [0.05, 0.1) is 11.9 Å². The molecule has 25 heavy (non-hydrogen) atoms. The van der Waals surface area contributed by atoms with E-state index in [0.29, 0.717) is 44.7 Å². The molecule has 2 saturated heterocycles. The van der Waals surface area contributed by atoms with E-state index in [1.807, 2.05) is 6.92 Å². The average Bonchev–Trinajstić information content (AvgIpc) is 3.10. The van der Waals surface area contributed by atoms with Gasteiger partial charge < -0.3 is 5.32 Å². The summed E-state index contributed by atoms with van der Waals surface area (Å²) in [6.07, 6.45) is 7.52. The Bertz CT molecular complexity index is 688. The third kappa shape index (κ3) is 4.21. The molecule has 2 fully saturated rings. The largest absolute Gasteiger partial charge is 0.323 e. The summed E-state index contributed by atoms with van der Waals surface area (Å²) in [4.78, 5) is 12.4. The van der Waals surface area contributed by atoms with Crippen molar-refractivity contribution in [2.24, 2.45) is 5.92 Å². The fourth-order valence-corrected chi connectivity index (χ4v) is 5.17. The Morgan fingerprint density at radius 2 is 1.80 bits per heavy atom. The summed E-state index contributed by atoms with van der Waals surface area (Å²) in [6, 6.07) is 0. The van der Waals surface area contributed by atoms with Gasteiger partial charge in [-0.2, -0.15) is 22.1 Å². The number of piperidine rings is 2. The van der Waals surface area contributed by atoms with Crippen LogP contribution in [0.4, 0.5) is 5.69 Å². The number of carbonyl (C=O) groups excluding carboxylic acids is 1. The van der Waals surface area contributed by atoms with Crippen molar-refractivity contribution in [2.75, 3.05) is 31.5 Å². The first-order valence-corrected chi connectivity index (χ1v) is 10.5. The lowest BCUT2D eigenvalue weighted by Gasteiger charge is -2.35. The van der Waals surface area contributed by atoms with Crippen molar-refractivity contribution in [3.63, 3.8) is 0 Å². The summed E-state index contributed by atoms with van der Waals surface area (Å²) in [7, 11) is -3.37. The third-order valence-corrected chi connectivity index (χ3v) is 7.05. The highest BCUT2D eigenvalue weighted by Gasteiger charge is 2.35. The normalized spacial score (nSPS) is 21.3. The average molecular weight is 369 g/mol. The topological polar surface area (TPSA) is 87.5 Å². The van der Waals surface area contributed by atoms with Crippen LogP contribution in [0.2, 0.25) is 0 Å². The molecule has 0 spiro atoms. The van der Waals surface area contributed by atoms with E-state index in [4.69, 9.17) is 0 Å². The van der Waals surface area contributed by atoms with Gasteiger partial charge in [0.15, 0.2) is 0 Å². The van der Waals surface area contributed by atoms with Crippen molar-refractivity contribution in [1.29, 1.82) is 0 Å². The number of nitrogens with zero attached hydrogens (tertiary/aromatic N) is 4. The maximum absolute atomic E-state index is 12.7. The minimum Gasteiger partial charge on any atom is -0.323 e. The van der Waals surface area contributed by atoms with Gasteiger partial charge in [-0.3, -0.25) is 9.48 Å². The second-order valence-corrected chi connectivity index (χ2v) is 8.64. The summed E-state index contributed by atoms with van der Waals surface area (Å²) < 4.78 is 30.3. The number of nitrogens with one attached hydrogen (secondary N) is 1. The van der Waals surface area contributed by atoms with Crippen LogP contribution in [-0.4, -0.2) is 58.9 Å². The Morgan fingerprint density at radius 3 is 2.40 bits per heavy atom. The summed E-state index contributed by atoms with van der Waals surface area (Å²) >= 11 is 0. The number of aromatic nitrogens is 2. The van der Waals surface area contributed by atoms with Crippen molar-refractivity contribution in [3.05, 3.63) is 12.4 Å². The van der Waals surface area contributed by atoms with E-state index in [1.165, 1.54) is 4.31 Å². The lowest BCUT2D eigenvalue weighted by molar-refractivity contribution is -0.120. The number of carbonyl (C=O) groups is 1. The van der Waals surface area contributed by atoms with E-state index in [-0.39, 0.29) is 11.8 Å². The van der Waals surface area contributed by atoms with E-state index >= 15 is 0 Å². The Labute approximate surface area is 149 Å². The highest BCUT2D eigenvalue weighted by atomic mass is 32.2. The van der Waals surface area contributed by atoms with Crippen molar-refractivity contribution >= 4 is 21.8 Å². The monoisotopic (exact) mass is 369 g/mol. The molecule has 140 valence electrons. The minimum atomic E-state index is -3.37. The van der Waals surface area contributed by atoms with Gasteiger partial charge in [-0.1, -0.05) is 6.42 Å². The van der Waals surface area contributed by atoms with Crippen molar-refractivity contribution in [1.82, 2.24) is 18.4 Å². The molecule has 1 amide bonds. The molecule has 0 radical (unpaired) electrons. The van der Waals surface area contributed by atoms with Crippen LogP contribution in [0.25, 0.3) is 0 Å². The number of aryl methyl sites for hydroxylation is 1. The van der Waals surface area contributed by atoms with Gasteiger partial charge in [-0.15, -0.1) is 0 Å². The number of rotatable bonds is 5. The van der Waals surface area contributed by atoms with Crippen LogP contribution in [0.15, 0.2) is 12.4 Å². The van der Waals surface area contributed by atoms with Crippen LogP contribution >= 0.6 is 0 Å². The quantitative estimate of drug-likeness (QED) is 0.847. The van der Waals surface area contributed by atoms with Gasteiger partial charge in [0, 0.05) is 44.8 Å². The van der Waals surface area contributed by atoms with E-state index in [0.717, 1.165) is 25.8 Å². The van der Waals surface area contributed by atoms with Gasteiger partial charge in [0.25, 0.3) is 10.2 Å². The molecule has 1 aromatic rings. The fraction of sp³-hybridized carbons (Fsp3) is 0.750. The Kier molecular flexibility index (Phi) is 5.75. The van der Waals surface area contributed by atoms with E-state index in [9.17, 15) is 13.2 Å². The summed E-state index contributed by atoms with van der Waals surface area (Å²) in [6.45, 7) is 4.78. The molecule has 2 aliphatic rings. The predicted molar refractivity (Wildman–Crippen MR) is 95.2 cm³/mol. The molecule has 0 bridgehead atoms. The molecule has 0 saturated carbocycles. The molecular formula is C16H27N5O3S. The number of hydrogen-bond acceptors (Lipinski definition) is 4. The zero-order valence-corrected chi connectivity index (χ0v) is 15.5. The van der Waals surface area contributed by atoms with Gasteiger partial charge in [0.1, 0.15) is 0 Å². The van der Waals surface area contributed by atoms with Crippen molar-refractivity contribution in [3.8, 4) is 0 Å². The lowest BCUT2D eigenvalue weighted by Crippen LogP contribution is -2.49. The van der Waals surface area contributed by atoms with Crippen molar-refractivity contribution in [2.45, 2.75) is 45.6 Å². The first kappa shape index (κ1) is 18.3. The second kappa shape index (κ2) is 7.84. The molecular weight excluding hydrogens is 342 g/mol. The summed E-state index contributed by atoms with van der Waals surface area (Å²) in [5, 5.41) is 7.02. The minimum absolute atomic E-state index is 0.0503. The lowest BCUT2D eigenvalue weighted by atomic mass is 9.97. The molecule has 2 aliphatic heterocycles. The molecule has 8 nitrogen and oxygen atoms in total. The van der Waals surface area contributed by atoms with Crippen molar-refractivity contribution < 1.29 is 13.2 Å². The van der Waals surface area contributed by atoms with Crippen LogP contribution in [0.5, 0.6) is 0 Å². The van der Waals surface area contributed by atoms with E-state index in [1.54, 1.807) is 21.4 Å². The highest BCUT2D eigenvalue weighted by Crippen LogP contribution is 2.24. The number of anilines is 1. The van der Waals surface area contributed by atoms with Crippen LogP contribution < -0.4 is 5.32 Å². The predicted octanol–water partition coefficient (Wildman–Crippen LogP) is 1.28. The molecule has 1 N–H and O–H groups in total. The second-order valence-electron chi connectivity index (χ2n) is 6.71. The first-order valence-electron chi connectivity index (χ1n) is 9.09. The van der Waals surface area contributed by atoms with Crippen LogP contribution in [-0.2, 0) is 21.5 Å². The maximum Gasteiger partial charge on any atom is 0.281 e. The third-order valence-electron chi connectivity index (χ3n) is 5.02. The van der Waals surface area contributed by atoms with Crippen LogP contribution in [0, 0.1) is 5.92 Å². The van der Waals surface area contributed by atoms with Gasteiger partial charge in [-0.05, 0) is 32.6 Å². The molecule has 3 heterocycles. The smallest absolute Gasteiger partial charge is 0.281 e. The standard InChI is InChI=1S/C16H27N5O3S/c1-2-19-13-15(12-17-19)18-16(22)14-6-10-21(11-7-14)25(23,24)20-8-4-3-5-9-20/h12-14H,2-11H2,1H3,(H,18,22).